The standard InChI is InChI=1S/C19H19N3O4S2/c1-13-4-9-17(12-14(13)2)28(25,26)22-16-7-5-15(6-8-16)18-10-11-19(21-20-18)27(3,23)24/h4-12,22H,1-3H3. The Morgan fingerprint density at radius 1 is 0.786 bits per heavy atom. The van der Waals surface area contributed by atoms with E-state index in [9.17, 15) is 16.8 Å². The zero-order valence-electron chi connectivity index (χ0n) is 15.5. The smallest absolute Gasteiger partial charge is 0.261 e. The number of benzene rings is 2. The quantitative estimate of drug-likeness (QED) is 0.684. The van der Waals surface area contributed by atoms with E-state index >= 15 is 0 Å². The molecule has 0 bridgehead atoms. The molecule has 0 atom stereocenters. The lowest BCUT2D eigenvalue weighted by Crippen LogP contribution is -2.13. The van der Waals surface area contributed by atoms with Crippen molar-refractivity contribution in [2.45, 2.75) is 23.8 Å². The highest BCUT2D eigenvalue weighted by molar-refractivity contribution is 7.92. The minimum Gasteiger partial charge on any atom is -0.280 e. The van der Waals surface area contributed by atoms with Gasteiger partial charge in [0.05, 0.1) is 10.6 Å². The van der Waals surface area contributed by atoms with Crippen LogP contribution in [0.15, 0.2) is 64.5 Å². The zero-order valence-corrected chi connectivity index (χ0v) is 17.2. The van der Waals surface area contributed by atoms with Crippen LogP contribution in [0.1, 0.15) is 11.1 Å². The molecular formula is C19H19N3O4S2. The summed E-state index contributed by atoms with van der Waals surface area (Å²) >= 11 is 0. The fourth-order valence-corrected chi connectivity index (χ4v) is 4.12. The van der Waals surface area contributed by atoms with E-state index in [4.69, 9.17) is 0 Å². The predicted molar refractivity (Wildman–Crippen MR) is 107 cm³/mol. The molecule has 0 radical (unpaired) electrons. The third-order valence-corrected chi connectivity index (χ3v) is 6.60. The molecule has 1 aromatic heterocycles. The van der Waals surface area contributed by atoms with Gasteiger partial charge in [-0.25, -0.2) is 16.8 Å². The molecule has 0 aliphatic heterocycles. The molecule has 3 rings (SSSR count). The van der Waals surface area contributed by atoms with Gasteiger partial charge in [-0.2, -0.15) is 0 Å². The second-order valence-corrected chi connectivity index (χ2v) is 10.1. The molecular weight excluding hydrogens is 398 g/mol. The maximum absolute atomic E-state index is 12.6. The van der Waals surface area contributed by atoms with Crippen LogP contribution in [0, 0.1) is 13.8 Å². The Morgan fingerprint density at radius 3 is 2.00 bits per heavy atom. The van der Waals surface area contributed by atoms with E-state index in [0.717, 1.165) is 17.4 Å². The van der Waals surface area contributed by atoms with E-state index in [1.54, 1.807) is 48.5 Å². The minimum atomic E-state index is -3.70. The summed E-state index contributed by atoms with van der Waals surface area (Å²) in [6.45, 7) is 3.78. The zero-order chi connectivity index (χ0) is 20.5. The summed E-state index contributed by atoms with van der Waals surface area (Å²) in [4.78, 5) is 0.196. The molecule has 0 saturated carbocycles. The average Bonchev–Trinajstić information content (AvgIpc) is 2.63. The number of rotatable bonds is 5. The number of nitrogens with one attached hydrogen (secondary N) is 1. The summed E-state index contributed by atoms with van der Waals surface area (Å²) in [6.07, 6.45) is 1.06. The SMILES string of the molecule is Cc1ccc(S(=O)(=O)Nc2ccc(-c3ccc(S(C)(=O)=O)nn3)cc2)cc1C. The molecule has 146 valence electrons. The molecule has 7 nitrogen and oxygen atoms in total. The van der Waals surface area contributed by atoms with Crippen molar-refractivity contribution in [2.24, 2.45) is 0 Å². The van der Waals surface area contributed by atoms with Gasteiger partial charge in [0.15, 0.2) is 14.9 Å². The van der Waals surface area contributed by atoms with Crippen molar-refractivity contribution in [1.29, 1.82) is 0 Å². The predicted octanol–water partition coefficient (Wildman–Crippen LogP) is 2.96. The van der Waals surface area contributed by atoms with Crippen LogP contribution >= 0.6 is 0 Å². The van der Waals surface area contributed by atoms with Gasteiger partial charge in [0.2, 0.25) is 0 Å². The summed E-state index contributed by atoms with van der Waals surface area (Å²) in [7, 11) is -7.11. The number of anilines is 1. The maximum Gasteiger partial charge on any atom is 0.261 e. The van der Waals surface area contributed by atoms with Gasteiger partial charge in [-0.1, -0.05) is 18.2 Å². The highest BCUT2D eigenvalue weighted by Gasteiger charge is 2.15. The van der Waals surface area contributed by atoms with Gasteiger partial charge in [0, 0.05) is 17.5 Å². The Hall–Kier alpha value is -2.78. The van der Waals surface area contributed by atoms with Crippen molar-refractivity contribution in [3.63, 3.8) is 0 Å². The fourth-order valence-electron chi connectivity index (χ4n) is 2.48. The second kappa shape index (κ2) is 7.33. The van der Waals surface area contributed by atoms with Crippen LogP contribution in [-0.2, 0) is 19.9 Å². The lowest BCUT2D eigenvalue weighted by Gasteiger charge is -2.10. The molecule has 1 heterocycles. The fraction of sp³-hybridized carbons (Fsp3) is 0.158. The van der Waals surface area contributed by atoms with Crippen molar-refractivity contribution < 1.29 is 16.8 Å². The van der Waals surface area contributed by atoms with Gasteiger partial charge >= 0.3 is 0 Å². The van der Waals surface area contributed by atoms with Crippen molar-refractivity contribution >= 4 is 25.5 Å². The molecule has 0 aliphatic rings. The first kappa shape index (κ1) is 20.0. The Kier molecular flexibility index (Phi) is 5.22. The van der Waals surface area contributed by atoms with Crippen LogP contribution in [-0.4, -0.2) is 33.3 Å². The van der Waals surface area contributed by atoms with Crippen molar-refractivity contribution in [2.75, 3.05) is 11.0 Å². The second-order valence-electron chi connectivity index (χ2n) is 6.46. The number of sulfone groups is 1. The Balaban J connectivity index is 1.81. The van der Waals surface area contributed by atoms with Crippen LogP contribution < -0.4 is 4.72 Å². The Morgan fingerprint density at radius 2 is 1.46 bits per heavy atom. The van der Waals surface area contributed by atoms with Crippen molar-refractivity contribution in [3.8, 4) is 11.3 Å². The molecule has 0 spiro atoms. The molecule has 0 aliphatic carbocycles. The molecule has 0 unspecified atom stereocenters. The largest absolute Gasteiger partial charge is 0.280 e. The monoisotopic (exact) mass is 417 g/mol. The van der Waals surface area contributed by atoms with E-state index < -0.39 is 19.9 Å². The van der Waals surface area contributed by atoms with Gasteiger partial charge in [-0.05, 0) is 61.4 Å². The minimum absolute atomic E-state index is 0.103. The maximum atomic E-state index is 12.6. The molecule has 0 amide bonds. The van der Waals surface area contributed by atoms with E-state index in [1.807, 2.05) is 13.8 Å². The van der Waals surface area contributed by atoms with Gasteiger partial charge in [-0.3, -0.25) is 4.72 Å². The van der Waals surface area contributed by atoms with Crippen LogP contribution in [0.4, 0.5) is 5.69 Å². The summed E-state index contributed by atoms with van der Waals surface area (Å²) < 4.78 is 50.6. The number of sulfonamides is 1. The van der Waals surface area contributed by atoms with Gasteiger partial charge in [-0.15, -0.1) is 10.2 Å². The van der Waals surface area contributed by atoms with Crippen LogP contribution in [0.3, 0.4) is 0 Å². The van der Waals surface area contributed by atoms with E-state index in [1.165, 1.54) is 6.07 Å². The number of aryl methyl sites for hydroxylation is 2. The normalized spacial score (nSPS) is 12.0. The number of hydrogen-bond acceptors (Lipinski definition) is 6. The van der Waals surface area contributed by atoms with E-state index in [2.05, 4.69) is 14.9 Å². The van der Waals surface area contributed by atoms with Crippen LogP contribution in [0.5, 0.6) is 0 Å². The first-order valence-electron chi connectivity index (χ1n) is 8.30. The first-order chi connectivity index (χ1) is 13.1. The highest BCUT2D eigenvalue weighted by atomic mass is 32.2. The first-order valence-corrected chi connectivity index (χ1v) is 11.7. The number of aromatic nitrogens is 2. The van der Waals surface area contributed by atoms with Gasteiger partial charge < -0.3 is 0 Å². The average molecular weight is 418 g/mol. The van der Waals surface area contributed by atoms with Crippen LogP contribution in [0.2, 0.25) is 0 Å². The van der Waals surface area contributed by atoms with E-state index in [-0.39, 0.29) is 9.92 Å². The van der Waals surface area contributed by atoms with Crippen molar-refractivity contribution in [3.05, 3.63) is 65.7 Å². The third kappa shape index (κ3) is 4.37. The molecule has 2 aromatic carbocycles. The third-order valence-electron chi connectivity index (χ3n) is 4.24. The number of nitrogens with zero attached hydrogens (tertiary/aromatic N) is 2. The highest BCUT2D eigenvalue weighted by Crippen LogP contribution is 2.22. The number of hydrogen-bond donors (Lipinski definition) is 1. The van der Waals surface area contributed by atoms with E-state index in [0.29, 0.717) is 16.9 Å². The summed E-state index contributed by atoms with van der Waals surface area (Å²) in [5.41, 5.74) is 3.49. The molecule has 28 heavy (non-hydrogen) atoms. The molecule has 0 saturated heterocycles. The Bertz CT molecular complexity index is 1220. The summed E-state index contributed by atoms with van der Waals surface area (Å²) in [5, 5.41) is 7.53. The van der Waals surface area contributed by atoms with Crippen LogP contribution in [0.25, 0.3) is 11.3 Å². The molecule has 1 N–H and O–H groups in total. The topological polar surface area (TPSA) is 106 Å². The Labute approximate surface area is 164 Å². The summed E-state index contributed by atoms with van der Waals surface area (Å²) in [6, 6.07) is 14.5. The lowest BCUT2D eigenvalue weighted by molar-refractivity contribution is 0.595. The lowest BCUT2D eigenvalue weighted by atomic mass is 10.1. The molecule has 3 aromatic rings. The van der Waals surface area contributed by atoms with Crippen molar-refractivity contribution in [1.82, 2.24) is 10.2 Å². The molecule has 0 fully saturated rings. The summed E-state index contributed by atoms with van der Waals surface area (Å²) in [5.74, 6) is 0. The van der Waals surface area contributed by atoms with Gasteiger partial charge in [0.1, 0.15) is 0 Å². The van der Waals surface area contributed by atoms with Gasteiger partial charge in [0.25, 0.3) is 10.0 Å². The molecule has 9 heteroatoms.